The summed E-state index contributed by atoms with van der Waals surface area (Å²) in [4.78, 5) is 39.0. The number of rotatable bonds is 8. The third-order valence-electron chi connectivity index (χ3n) is 5.62. The second kappa shape index (κ2) is 10.8. The average molecular weight is 473 g/mol. The molecule has 4 rings (SSSR count). The molecule has 180 valence electrons. The Kier molecular flexibility index (Phi) is 7.40. The fourth-order valence-corrected chi connectivity index (χ4v) is 3.68. The number of ether oxygens (including phenoxy) is 2. The maximum atomic E-state index is 13.1. The number of amides is 1. The molecule has 0 saturated heterocycles. The van der Waals surface area contributed by atoms with Gasteiger partial charge in [-0.25, -0.2) is 14.7 Å². The van der Waals surface area contributed by atoms with Crippen LogP contribution in [0.1, 0.15) is 25.8 Å². The molecule has 0 atom stereocenters. The van der Waals surface area contributed by atoms with Crippen molar-refractivity contribution in [1.82, 2.24) is 15.0 Å². The van der Waals surface area contributed by atoms with Crippen LogP contribution < -0.4 is 15.2 Å². The third kappa shape index (κ3) is 5.66. The zero-order valence-corrected chi connectivity index (χ0v) is 20.0. The second-order valence-corrected chi connectivity index (χ2v) is 8.57. The van der Waals surface area contributed by atoms with Crippen LogP contribution in [0.2, 0.25) is 0 Å². The van der Waals surface area contributed by atoms with Gasteiger partial charge >= 0.3 is 6.09 Å². The molecule has 4 aromatic rings. The highest BCUT2D eigenvalue weighted by molar-refractivity contribution is 5.90. The molecule has 0 aliphatic heterocycles. The Morgan fingerprint density at radius 2 is 1.83 bits per heavy atom. The number of aromatic nitrogens is 3. The summed E-state index contributed by atoms with van der Waals surface area (Å²) in [5.74, 6) is 1.04. The first-order valence-electron chi connectivity index (χ1n) is 11.5. The minimum atomic E-state index is -0.572. The number of carbonyl (C=O) groups excluding carboxylic acids is 1. The van der Waals surface area contributed by atoms with E-state index in [0.717, 1.165) is 16.7 Å². The van der Waals surface area contributed by atoms with Crippen molar-refractivity contribution in [1.29, 1.82) is 0 Å². The molecule has 0 unspecified atom stereocenters. The van der Waals surface area contributed by atoms with E-state index in [2.05, 4.69) is 28.8 Å². The Morgan fingerprint density at radius 3 is 2.51 bits per heavy atom. The number of nitrogens with one attached hydrogen (secondary N) is 1. The minimum Gasteiger partial charge on any atom is -0.496 e. The van der Waals surface area contributed by atoms with Crippen molar-refractivity contribution in [3.63, 3.8) is 0 Å². The third-order valence-corrected chi connectivity index (χ3v) is 5.62. The summed E-state index contributed by atoms with van der Waals surface area (Å²) in [6.45, 7) is 4.61. The van der Waals surface area contributed by atoms with Gasteiger partial charge in [0.1, 0.15) is 12.4 Å². The monoisotopic (exact) mass is 472 g/mol. The van der Waals surface area contributed by atoms with E-state index in [9.17, 15) is 9.59 Å². The van der Waals surface area contributed by atoms with Gasteiger partial charge in [-0.15, -0.1) is 0 Å². The SMILES string of the molecule is COc1cc2nc(N(CCC(C)C)C(=O)OCc3ccccc3)[nH]c(=O)c2cc1-c1ccncc1. The summed E-state index contributed by atoms with van der Waals surface area (Å²) >= 11 is 0. The standard InChI is InChI=1S/C27H28N4O4/c1-18(2)11-14-31(27(33)35-17-19-7-5-4-6-8-19)26-29-23-16-24(34-3)21(15-22(23)25(32)30-26)20-9-12-28-13-10-20/h4-10,12-13,15-16,18H,11,14,17H2,1-3H3,(H,29,30,32). The minimum absolute atomic E-state index is 0.124. The molecule has 1 amide bonds. The van der Waals surface area contributed by atoms with Gasteiger partial charge in [-0.3, -0.25) is 14.8 Å². The first-order chi connectivity index (χ1) is 17.0. The van der Waals surface area contributed by atoms with E-state index in [4.69, 9.17) is 9.47 Å². The number of pyridine rings is 1. The Hall–Kier alpha value is -4.20. The van der Waals surface area contributed by atoms with Crippen molar-refractivity contribution < 1.29 is 14.3 Å². The molecule has 0 bridgehead atoms. The maximum absolute atomic E-state index is 13.1. The summed E-state index contributed by atoms with van der Waals surface area (Å²) in [6, 6.07) is 16.6. The Balaban J connectivity index is 1.71. The van der Waals surface area contributed by atoms with Gasteiger partial charge in [0.05, 0.1) is 18.0 Å². The predicted molar refractivity (Wildman–Crippen MR) is 136 cm³/mol. The van der Waals surface area contributed by atoms with Crippen LogP contribution in [-0.4, -0.2) is 34.7 Å². The van der Waals surface area contributed by atoms with Crippen molar-refractivity contribution in [2.45, 2.75) is 26.9 Å². The molecule has 2 heterocycles. The smallest absolute Gasteiger partial charge is 0.416 e. The van der Waals surface area contributed by atoms with E-state index in [1.54, 1.807) is 31.6 Å². The molecule has 0 spiro atoms. The summed E-state index contributed by atoms with van der Waals surface area (Å²) in [5.41, 5.74) is 2.56. The molecule has 1 N–H and O–H groups in total. The fourth-order valence-electron chi connectivity index (χ4n) is 3.68. The quantitative estimate of drug-likeness (QED) is 0.379. The van der Waals surface area contributed by atoms with Crippen LogP contribution in [-0.2, 0) is 11.3 Å². The predicted octanol–water partition coefficient (Wildman–Crippen LogP) is 5.18. The lowest BCUT2D eigenvalue weighted by Crippen LogP contribution is -2.35. The molecular weight excluding hydrogens is 444 g/mol. The molecule has 8 heteroatoms. The number of hydrogen-bond acceptors (Lipinski definition) is 6. The summed E-state index contributed by atoms with van der Waals surface area (Å²) in [5, 5.41) is 0.392. The number of anilines is 1. The van der Waals surface area contributed by atoms with Gasteiger partial charge in [-0.2, -0.15) is 0 Å². The average Bonchev–Trinajstić information content (AvgIpc) is 2.88. The Labute approximate surface area is 203 Å². The van der Waals surface area contributed by atoms with Gasteiger partial charge in [0.15, 0.2) is 0 Å². The molecule has 0 radical (unpaired) electrons. The lowest BCUT2D eigenvalue weighted by molar-refractivity contribution is 0.146. The molecule has 2 aromatic carbocycles. The highest BCUT2D eigenvalue weighted by Gasteiger charge is 2.22. The van der Waals surface area contributed by atoms with Crippen molar-refractivity contribution >= 4 is 22.9 Å². The van der Waals surface area contributed by atoms with Gasteiger partial charge in [-0.1, -0.05) is 44.2 Å². The van der Waals surface area contributed by atoms with E-state index in [-0.39, 0.29) is 18.1 Å². The number of H-pyrrole nitrogens is 1. The Morgan fingerprint density at radius 1 is 1.09 bits per heavy atom. The summed E-state index contributed by atoms with van der Waals surface area (Å²) < 4.78 is 11.1. The first-order valence-corrected chi connectivity index (χ1v) is 11.5. The highest BCUT2D eigenvalue weighted by atomic mass is 16.6. The highest BCUT2D eigenvalue weighted by Crippen LogP contribution is 2.32. The van der Waals surface area contributed by atoms with E-state index in [1.165, 1.54) is 4.90 Å². The van der Waals surface area contributed by atoms with Gasteiger partial charge in [0.25, 0.3) is 5.56 Å². The van der Waals surface area contributed by atoms with Crippen LogP contribution in [0.15, 0.2) is 71.8 Å². The van der Waals surface area contributed by atoms with Gasteiger partial charge in [0, 0.05) is 30.6 Å². The molecule has 8 nitrogen and oxygen atoms in total. The van der Waals surface area contributed by atoms with Gasteiger partial charge in [-0.05, 0) is 41.7 Å². The number of aromatic amines is 1. The van der Waals surface area contributed by atoms with Crippen molar-refractivity contribution in [2.24, 2.45) is 5.92 Å². The zero-order chi connectivity index (χ0) is 24.8. The van der Waals surface area contributed by atoms with E-state index in [0.29, 0.717) is 35.5 Å². The van der Waals surface area contributed by atoms with Gasteiger partial charge in [0.2, 0.25) is 5.95 Å². The lowest BCUT2D eigenvalue weighted by Gasteiger charge is -2.22. The summed E-state index contributed by atoms with van der Waals surface area (Å²) in [7, 11) is 1.57. The number of fused-ring (bicyclic) bond motifs is 1. The summed E-state index contributed by atoms with van der Waals surface area (Å²) in [6.07, 6.45) is 3.50. The fraction of sp³-hybridized carbons (Fsp3) is 0.259. The molecule has 0 fully saturated rings. The first kappa shape index (κ1) is 23.9. The lowest BCUT2D eigenvalue weighted by atomic mass is 10.0. The van der Waals surface area contributed by atoms with Gasteiger partial charge < -0.3 is 9.47 Å². The number of carbonyl (C=O) groups is 1. The zero-order valence-electron chi connectivity index (χ0n) is 20.0. The van der Waals surface area contributed by atoms with Crippen LogP contribution in [0.5, 0.6) is 5.75 Å². The molecule has 35 heavy (non-hydrogen) atoms. The van der Waals surface area contributed by atoms with E-state index < -0.39 is 6.09 Å². The maximum Gasteiger partial charge on any atom is 0.416 e. The van der Waals surface area contributed by atoms with Crippen molar-refractivity contribution in [2.75, 3.05) is 18.6 Å². The molecular formula is C27H28N4O4. The van der Waals surface area contributed by atoms with E-state index in [1.807, 2.05) is 42.5 Å². The van der Waals surface area contributed by atoms with Crippen LogP contribution in [0, 0.1) is 5.92 Å². The topological polar surface area (TPSA) is 97.4 Å². The number of hydrogen-bond donors (Lipinski definition) is 1. The number of methoxy groups -OCH3 is 1. The van der Waals surface area contributed by atoms with Crippen LogP contribution in [0.25, 0.3) is 22.0 Å². The van der Waals surface area contributed by atoms with Crippen LogP contribution >= 0.6 is 0 Å². The Bertz CT molecular complexity index is 1350. The van der Waals surface area contributed by atoms with Crippen molar-refractivity contribution in [3.05, 3.63) is 82.9 Å². The normalized spacial score (nSPS) is 11.0. The van der Waals surface area contributed by atoms with Crippen LogP contribution in [0.3, 0.4) is 0 Å². The largest absolute Gasteiger partial charge is 0.496 e. The van der Waals surface area contributed by atoms with Crippen LogP contribution in [0.4, 0.5) is 10.7 Å². The molecule has 0 aliphatic rings. The molecule has 0 aliphatic carbocycles. The second-order valence-electron chi connectivity index (χ2n) is 8.57. The molecule has 0 saturated carbocycles. The number of nitrogens with zero attached hydrogens (tertiary/aromatic N) is 3. The number of benzene rings is 2. The molecule has 2 aromatic heterocycles. The van der Waals surface area contributed by atoms with E-state index >= 15 is 0 Å². The van der Waals surface area contributed by atoms with Crippen molar-refractivity contribution in [3.8, 4) is 16.9 Å².